The highest BCUT2D eigenvalue weighted by molar-refractivity contribution is 5.85. The van der Waals surface area contributed by atoms with E-state index in [1.54, 1.807) is 0 Å². The molecule has 0 saturated heterocycles. The van der Waals surface area contributed by atoms with Crippen LogP contribution >= 0.6 is 12.4 Å². The van der Waals surface area contributed by atoms with E-state index < -0.39 is 0 Å². The van der Waals surface area contributed by atoms with Crippen molar-refractivity contribution in [3.05, 3.63) is 35.9 Å². The van der Waals surface area contributed by atoms with Crippen LogP contribution in [-0.2, 0) is 0 Å². The highest BCUT2D eigenvalue weighted by atomic mass is 35.5. The van der Waals surface area contributed by atoms with Crippen LogP contribution in [-0.4, -0.2) is 0 Å². The Morgan fingerprint density at radius 2 is 0.824 bits per heavy atom. The Labute approximate surface area is 220 Å². The highest BCUT2D eigenvalue weighted by Crippen LogP contribution is 2.29. The predicted octanol–water partition coefficient (Wildman–Crippen LogP) is 11.3. The van der Waals surface area contributed by atoms with E-state index in [0.717, 1.165) is 0 Å². The molecule has 1 nitrogen and oxygen atoms in total. The van der Waals surface area contributed by atoms with E-state index in [9.17, 15) is 0 Å². The summed E-state index contributed by atoms with van der Waals surface area (Å²) in [6.45, 7) is 4.60. The molecule has 1 rings (SSSR count). The normalized spacial score (nSPS) is 12.1. The van der Waals surface area contributed by atoms with Crippen LogP contribution in [0.5, 0.6) is 0 Å². The Morgan fingerprint density at radius 3 is 1.18 bits per heavy atom. The molecule has 1 aromatic rings. The van der Waals surface area contributed by atoms with Gasteiger partial charge in [0.05, 0.1) is 0 Å². The number of halogens is 1. The standard InChI is InChI=1S/C32H59N.ClH/c1-3-5-7-9-11-13-15-17-19-22-26-30(32(33)31-28-24-21-25-29-31)27-23-20-18-16-14-12-10-8-6-4-2;/h21,24-25,28-30,32H,3-20,22-23,26-27,33H2,1-2H3;1H. The molecule has 0 heterocycles. The predicted molar refractivity (Wildman–Crippen MR) is 157 cm³/mol. The van der Waals surface area contributed by atoms with Gasteiger partial charge in [-0.15, -0.1) is 12.4 Å². The molecule has 1 unspecified atom stereocenters. The van der Waals surface area contributed by atoms with Gasteiger partial charge in [0.2, 0.25) is 0 Å². The lowest BCUT2D eigenvalue weighted by atomic mass is 9.85. The average molecular weight is 494 g/mol. The number of hydrogen-bond acceptors (Lipinski definition) is 1. The molecule has 0 saturated carbocycles. The molecule has 2 heteroatoms. The largest absolute Gasteiger partial charge is 0.324 e. The minimum atomic E-state index is 0. The molecule has 0 radical (unpaired) electrons. The number of unbranched alkanes of at least 4 members (excludes halogenated alkanes) is 18. The summed E-state index contributed by atoms with van der Waals surface area (Å²) < 4.78 is 0. The molecule has 0 spiro atoms. The Morgan fingerprint density at radius 1 is 0.500 bits per heavy atom. The third kappa shape index (κ3) is 18.8. The van der Waals surface area contributed by atoms with Crippen LogP contribution in [0.25, 0.3) is 0 Å². The fourth-order valence-electron chi connectivity index (χ4n) is 5.24. The van der Waals surface area contributed by atoms with Gasteiger partial charge >= 0.3 is 0 Å². The van der Waals surface area contributed by atoms with Crippen LogP contribution in [0.3, 0.4) is 0 Å². The lowest BCUT2D eigenvalue weighted by Crippen LogP contribution is -2.21. The Balaban J connectivity index is 0.0000109. The quantitative estimate of drug-likeness (QED) is 0.142. The SMILES string of the molecule is CCCCCCCCCCCCC(CCCCCCCCCCCC)C(N)c1ccccc1.Cl. The maximum absolute atomic E-state index is 6.78. The van der Waals surface area contributed by atoms with E-state index in [0.29, 0.717) is 5.92 Å². The van der Waals surface area contributed by atoms with E-state index >= 15 is 0 Å². The smallest absolute Gasteiger partial charge is 0.0323 e. The summed E-state index contributed by atoms with van der Waals surface area (Å²) in [5.41, 5.74) is 8.11. The lowest BCUT2D eigenvalue weighted by Gasteiger charge is -2.24. The topological polar surface area (TPSA) is 26.0 Å². The third-order valence-corrected chi connectivity index (χ3v) is 7.55. The van der Waals surface area contributed by atoms with Gasteiger partial charge in [0.1, 0.15) is 0 Å². The van der Waals surface area contributed by atoms with Crippen molar-refractivity contribution in [2.24, 2.45) is 11.7 Å². The van der Waals surface area contributed by atoms with Crippen LogP contribution in [0.2, 0.25) is 0 Å². The van der Waals surface area contributed by atoms with E-state index in [2.05, 4.69) is 44.2 Å². The molecular weight excluding hydrogens is 434 g/mol. The second-order valence-corrected chi connectivity index (χ2v) is 10.6. The Hall–Kier alpha value is -0.530. The highest BCUT2D eigenvalue weighted by Gasteiger charge is 2.18. The van der Waals surface area contributed by atoms with Crippen molar-refractivity contribution in [3.63, 3.8) is 0 Å². The van der Waals surface area contributed by atoms with Crippen LogP contribution in [0, 0.1) is 5.92 Å². The molecule has 200 valence electrons. The van der Waals surface area contributed by atoms with Gasteiger partial charge in [0.15, 0.2) is 0 Å². The van der Waals surface area contributed by atoms with E-state index in [4.69, 9.17) is 5.73 Å². The van der Waals surface area contributed by atoms with Crippen LogP contribution in [0.4, 0.5) is 0 Å². The molecule has 1 atom stereocenters. The van der Waals surface area contributed by atoms with Crippen molar-refractivity contribution in [1.82, 2.24) is 0 Å². The molecule has 0 fully saturated rings. The summed E-state index contributed by atoms with van der Waals surface area (Å²) in [5, 5.41) is 0. The molecule has 34 heavy (non-hydrogen) atoms. The maximum atomic E-state index is 6.78. The van der Waals surface area contributed by atoms with Gasteiger partial charge in [0, 0.05) is 6.04 Å². The minimum absolute atomic E-state index is 0. The van der Waals surface area contributed by atoms with Gasteiger partial charge in [-0.1, -0.05) is 173 Å². The van der Waals surface area contributed by atoms with Gasteiger partial charge in [-0.05, 0) is 24.3 Å². The summed E-state index contributed by atoms with van der Waals surface area (Å²) >= 11 is 0. The second kappa shape index (κ2) is 25.6. The van der Waals surface area contributed by atoms with Gasteiger partial charge in [-0.3, -0.25) is 0 Å². The molecule has 0 amide bonds. The lowest BCUT2D eigenvalue weighted by molar-refractivity contribution is 0.345. The van der Waals surface area contributed by atoms with Crippen molar-refractivity contribution in [2.75, 3.05) is 0 Å². The fourth-order valence-corrected chi connectivity index (χ4v) is 5.24. The first-order valence-electron chi connectivity index (χ1n) is 15.1. The van der Waals surface area contributed by atoms with Crippen molar-refractivity contribution in [2.45, 2.75) is 161 Å². The van der Waals surface area contributed by atoms with Crippen molar-refractivity contribution < 1.29 is 0 Å². The van der Waals surface area contributed by atoms with Crippen LogP contribution in [0.15, 0.2) is 30.3 Å². The summed E-state index contributed by atoms with van der Waals surface area (Å²) in [6.07, 6.45) is 30.9. The first-order chi connectivity index (χ1) is 16.3. The summed E-state index contributed by atoms with van der Waals surface area (Å²) in [5.74, 6) is 0.649. The first kappa shape index (κ1) is 33.5. The number of rotatable bonds is 24. The molecule has 2 N–H and O–H groups in total. The molecule has 1 aromatic carbocycles. The zero-order valence-corrected chi connectivity index (χ0v) is 23.9. The summed E-state index contributed by atoms with van der Waals surface area (Å²) in [7, 11) is 0. The molecule has 0 aliphatic carbocycles. The first-order valence-corrected chi connectivity index (χ1v) is 15.1. The van der Waals surface area contributed by atoms with Crippen molar-refractivity contribution in [1.29, 1.82) is 0 Å². The maximum Gasteiger partial charge on any atom is 0.0323 e. The second-order valence-electron chi connectivity index (χ2n) is 10.6. The van der Waals surface area contributed by atoms with Crippen molar-refractivity contribution >= 4 is 12.4 Å². The van der Waals surface area contributed by atoms with Gasteiger partial charge in [0.25, 0.3) is 0 Å². The third-order valence-electron chi connectivity index (χ3n) is 7.55. The molecular formula is C32H60ClN. The minimum Gasteiger partial charge on any atom is -0.324 e. The van der Waals surface area contributed by atoms with E-state index in [1.165, 1.54) is 147 Å². The fraction of sp³-hybridized carbons (Fsp3) is 0.812. The Bertz CT molecular complexity index is 479. The number of benzene rings is 1. The van der Waals surface area contributed by atoms with Crippen LogP contribution in [0.1, 0.15) is 167 Å². The van der Waals surface area contributed by atoms with Gasteiger partial charge in [-0.25, -0.2) is 0 Å². The average Bonchev–Trinajstić information content (AvgIpc) is 2.85. The van der Waals surface area contributed by atoms with E-state index in [1.807, 2.05) is 0 Å². The van der Waals surface area contributed by atoms with E-state index in [-0.39, 0.29) is 18.4 Å². The number of hydrogen-bond donors (Lipinski definition) is 1. The number of nitrogens with two attached hydrogens (primary N) is 1. The van der Waals surface area contributed by atoms with Gasteiger partial charge < -0.3 is 5.73 Å². The zero-order valence-electron chi connectivity index (χ0n) is 23.1. The molecule has 0 bridgehead atoms. The molecule has 0 aromatic heterocycles. The molecule has 0 aliphatic heterocycles. The monoisotopic (exact) mass is 493 g/mol. The molecule has 0 aliphatic rings. The summed E-state index contributed by atoms with van der Waals surface area (Å²) in [4.78, 5) is 0. The summed E-state index contributed by atoms with van der Waals surface area (Å²) in [6, 6.07) is 11.1. The van der Waals surface area contributed by atoms with Crippen LogP contribution < -0.4 is 5.73 Å². The zero-order chi connectivity index (χ0) is 23.8. The van der Waals surface area contributed by atoms with Gasteiger partial charge in [-0.2, -0.15) is 0 Å². The Kier molecular flexibility index (Phi) is 25.2. The van der Waals surface area contributed by atoms with Crippen molar-refractivity contribution in [3.8, 4) is 0 Å².